The van der Waals surface area contributed by atoms with Gasteiger partial charge in [-0.3, -0.25) is 0 Å². The lowest BCUT2D eigenvalue weighted by molar-refractivity contribution is 0.429. The highest BCUT2D eigenvalue weighted by atomic mass is 35.5. The van der Waals surface area contributed by atoms with Gasteiger partial charge < -0.3 is 10.3 Å². The SMILES string of the molecule is Nc1nc(CSc2cccc(Cl)c2)no1. The normalized spacial score (nSPS) is 10.5. The van der Waals surface area contributed by atoms with Gasteiger partial charge in [0.1, 0.15) is 0 Å². The fraction of sp³-hybridized carbons (Fsp3) is 0.111. The molecule has 0 aliphatic rings. The quantitative estimate of drug-likeness (QED) is 0.837. The Hall–Kier alpha value is -1.20. The van der Waals surface area contributed by atoms with E-state index >= 15 is 0 Å². The molecular formula is C9H8ClN3OS. The first-order valence-corrected chi connectivity index (χ1v) is 5.57. The maximum Gasteiger partial charge on any atom is 0.318 e. The van der Waals surface area contributed by atoms with Crippen LogP contribution in [0.2, 0.25) is 5.02 Å². The number of aromatic nitrogens is 2. The van der Waals surface area contributed by atoms with Crippen LogP contribution < -0.4 is 5.73 Å². The fourth-order valence-corrected chi connectivity index (χ4v) is 2.08. The van der Waals surface area contributed by atoms with Crippen LogP contribution in [0.3, 0.4) is 0 Å². The largest absolute Gasteiger partial charge is 0.351 e. The van der Waals surface area contributed by atoms with Crippen molar-refractivity contribution < 1.29 is 4.52 Å². The van der Waals surface area contributed by atoms with Gasteiger partial charge in [0.05, 0.1) is 5.75 Å². The third-order valence-electron chi connectivity index (χ3n) is 1.65. The maximum absolute atomic E-state index is 5.85. The van der Waals surface area contributed by atoms with Crippen molar-refractivity contribution in [2.75, 3.05) is 5.73 Å². The Labute approximate surface area is 95.8 Å². The highest BCUT2D eigenvalue weighted by Gasteiger charge is 2.03. The number of hydrogen-bond acceptors (Lipinski definition) is 5. The van der Waals surface area contributed by atoms with Crippen molar-refractivity contribution in [2.45, 2.75) is 10.6 Å². The van der Waals surface area contributed by atoms with Crippen LogP contribution in [-0.4, -0.2) is 10.1 Å². The number of nitrogen functional groups attached to an aromatic ring is 1. The summed E-state index contributed by atoms with van der Waals surface area (Å²) in [4.78, 5) is 4.96. The maximum atomic E-state index is 5.85. The number of benzene rings is 1. The molecule has 6 heteroatoms. The smallest absolute Gasteiger partial charge is 0.318 e. The second kappa shape index (κ2) is 4.55. The van der Waals surface area contributed by atoms with Crippen LogP contribution in [0.15, 0.2) is 33.7 Å². The van der Waals surface area contributed by atoms with E-state index in [4.69, 9.17) is 17.3 Å². The first-order chi connectivity index (χ1) is 7.24. The predicted octanol–water partition coefficient (Wildman–Crippen LogP) is 2.60. The summed E-state index contributed by atoms with van der Waals surface area (Å²) in [5.74, 6) is 1.19. The molecule has 0 bridgehead atoms. The molecule has 0 aliphatic carbocycles. The van der Waals surface area contributed by atoms with Gasteiger partial charge in [-0.25, -0.2) is 0 Å². The van der Waals surface area contributed by atoms with Crippen LogP contribution in [0.4, 0.5) is 6.01 Å². The molecule has 0 saturated carbocycles. The van der Waals surface area contributed by atoms with E-state index in [-0.39, 0.29) is 6.01 Å². The van der Waals surface area contributed by atoms with Crippen molar-refractivity contribution in [3.8, 4) is 0 Å². The van der Waals surface area contributed by atoms with Crippen molar-refractivity contribution in [3.05, 3.63) is 35.1 Å². The number of anilines is 1. The zero-order valence-electron chi connectivity index (χ0n) is 7.68. The summed E-state index contributed by atoms with van der Waals surface area (Å²) in [5.41, 5.74) is 5.30. The van der Waals surface area contributed by atoms with Crippen LogP contribution >= 0.6 is 23.4 Å². The molecule has 0 amide bonds. The molecule has 0 saturated heterocycles. The number of thioether (sulfide) groups is 1. The summed E-state index contributed by atoms with van der Waals surface area (Å²) in [6.45, 7) is 0. The predicted molar refractivity (Wildman–Crippen MR) is 59.7 cm³/mol. The molecule has 0 spiro atoms. The number of nitrogens with two attached hydrogens (primary N) is 1. The van der Waals surface area contributed by atoms with Crippen molar-refractivity contribution in [1.82, 2.24) is 10.1 Å². The minimum atomic E-state index is 0.0942. The summed E-state index contributed by atoms with van der Waals surface area (Å²) in [6.07, 6.45) is 0. The molecular weight excluding hydrogens is 234 g/mol. The van der Waals surface area contributed by atoms with Gasteiger partial charge in [-0.1, -0.05) is 22.8 Å². The van der Waals surface area contributed by atoms with Crippen LogP contribution in [0.5, 0.6) is 0 Å². The molecule has 78 valence electrons. The third kappa shape index (κ3) is 2.87. The standard InChI is InChI=1S/C9H8ClN3OS/c10-6-2-1-3-7(4-6)15-5-8-12-9(11)14-13-8/h1-4H,5H2,(H2,11,12,13). The monoisotopic (exact) mass is 241 g/mol. The zero-order valence-corrected chi connectivity index (χ0v) is 9.26. The van der Waals surface area contributed by atoms with E-state index in [0.29, 0.717) is 16.6 Å². The van der Waals surface area contributed by atoms with Crippen LogP contribution in [0.25, 0.3) is 0 Å². The lowest BCUT2D eigenvalue weighted by atomic mass is 10.4. The van der Waals surface area contributed by atoms with Gasteiger partial charge in [0.2, 0.25) is 0 Å². The van der Waals surface area contributed by atoms with Gasteiger partial charge in [-0.15, -0.1) is 11.8 Å². The highest BCUT2D eigenvalue weighted by Crippen LogP contribution is 2.24. The average Bonchev–Trinajstić information content (AvgIpc) is 2.62. The topological polar surface area (TPSA) is 64.9 Å². The Balaban J connectivity index is 1.99. The molecule has 1 heterocycles. The molecule has 2 rings (SSSR count). The van der Waals surface area contributed by atoms with E-state index in [9.17, 15) is 0 Å². The minimum Gasteiger partial charge on any atom is -0.351 e. The molecule has 0 radical (unpaired) electrons. The van der Waals surface area contributed by atoms with Crippen LogP contribution in [0.1, 0.15) is 5.82 Å². The number of rotatable bonds is 3. The van der Waals surface area contributed by atoms with Gasteiger partial charge >= 0.3 is 6.01 Å². The Morgan fingerprint density at radius 1 is 1.47 bits per heavy atom. The fourth-order valence-electron chi connectivity index (χ4n) is 1.03. The Morgan fingerprint density at radius 2 is 2.33 bits per heavy atom. The number of hydrogen-bond donors (Lipinski definition) is 1. The first-order valence-electron chi connectivity index (χ1n) is 4.20. The summed E-state index contributed by atoms with van der Waals surface area (Å²) in [7, 11) is 0. The zero-order chi connectivity index (χ0) is 10.7. The Bertz CT molecular complexity index is 460. The molecule has 0 fully saturated rings. The number of halogens is 1. The lowest BCUT2D eigenvalue weighted by Gasteiger charge is -1.98. The third-order valence-corrected chi connectivity index (χ3v) is 2.87. The average molecular weight is 242 g/mol. The molecule has 2 N–H and O–H groups in total. The van der Waals surface area contributed by atoms with E-state index in [1.807, 2.05) is 24.3 Å². The summed E-state index contributed by atoms with van der Waals surface area (Å²) >= 11 is 7.42. The van der Waals surface area contributed by atoms with Crippen molar-refractivity contribution in [2.24, 2.45) is 0 Å². The Kier molecular flexibility index (Phi) is 3.13. The van der Waals surface area contributed by atoms with E-state index in [1.54, 1.807) is 11.8 Å². The highest BCUT2D eigenvalue weighted by molar-refractivity contribution is 7.98. The van der Waals surface area contributed by atoms with Gasteiger partial charge in [0.25, 0.3) is 0 Å². The van der Waals surface area contributed by atoms with E-state index in [1.165, 1.54) is 0 Å². The van der Waals surface area contributed by atoms with Crippen molar-refractivity contribution in [3.63, 3.8) is 0 Å². The van der Waals surface area contributed by atoms with E-state index in [2.05, 4.69) is 14.7 Å². The molecule has 1 aromatic heterocycles. The number of nitrogens with zero attached hydrogens (tertiary/aromatic N) is 2. The molecule has 1 aromatic carbocycles. The second-order valence-electron chi connectivity index (χ2n) is 2.79. The van der Waals surface area contributed by atoms with Gasteiger partial charge in [0.15, 0.2) is 5.82 Å². The molecule has 0 aliphatic heterocycles. The molecule has 15 heavy (non-hydrogen) atoms. The Morgan fingerprint density at radius 3 is 3.00 bits per heavy atom. The molecule has 2 aromatic rings. The van der Waals surface area contributed by atoms with Crippen LogP contribution in [0, 0.1) is 0 Å². The van der Waals surface area contributed by atoms with E-state index in [0.717, 1.165) is 4.90 Å². The van der Waals surface area contributed by atoms with Gasteiger partial charge in [0, 0.05) is 9.92 Å². The van der Waals surface area contributed by atoms with Gasteiger partial charge in [-0.05, 0) is 18.2 Å². The molecule has 0 unspecified atom stereocenters. The van der Waals surface area contributed by atoms with E-state index < -0.39 is 0 Å². The summed E-state index contributed by atoms with van der Waals surface area (Å²) in [5, 5.41) is 4.40. The molecule has 4 nitrogen and oxygen atoms in total. The lowest BCUT2D eigenvalue weighted by Crippen LogP contribution is -1.86. The van der Waals surface area contributed by atoms with Crippen molar-refractivity contribution >= 4 is 29.4 Å². The minimum absolute atomic E-state index is 0.0942. The van der Waals surface area contributed by atoms with Crippen LogP contribution in [-0.2, 0) is 5.75 Å². The summed E-state index contributed by atoms with van der Waals surface area (Å²) < 4.78 is 4.65. The summed E-state index contributed by atoms with van der Waals surface area (Å²) in [6, 6.07) is 7.68. The van der Waals surface area contributed by atoms with Gasteiger partial charge in [-0.2, -0.15) is 4.98 Å². The second-order valence-corrected chi connectivity index (χ2v) is 4.28. The molecule has 0 atom stereocenters. The first kappa shape index (κ1) is 10.3. The van der Waals surface area contributed by atoms with Crippen molar-refractivity contribution in [1.29, 1.82) is 0 Å².